The van der Waals surface area contributed by atoms with Gasteiger partial charge in [-0.2, -0.15) is 0 Å². The van der Waals surface area contributed by atoms with E-state index in [1.165, 1.54) is 0 Å². The molecule has 5 nitrogen and oxygen atoms in total. The fourth-order valence-electron chi connectivity index (χ4n) is 2.18. The maximum atomic E-state index is 11.3. The molecule has 0 aliphatic carbocycles. The number of nitrogens with two attached hydrogens (primary N) is 1. The molecule has 1 aromatic carbocycles. The molecule has 0 saturated heterocycles. The number of likely N-dealkylation sites (N-methyl/N-ethyl adjacent to an activating group) is 1. The lowest BCUT2D eigenvalue weighted by Crippen LogP contribution is -2.33. The van der Waals surface area contributed by atoms with Crippen LogP contribution in [0.2, 0.25) is 0 Å². The summed E-state index contributed by atoms with van der Waals surface area (Å²) in [5, 5.41) is 2.84. The highest BCUT2D eigenvalue weighted by atomic mass is 16.5. The van der Waals surface area contributed by atoms with E-state index < -0.39 is 0 Å². The topological polar surface area (TPSA) is 67.6 Å². The van der Waals surface area contributed by atoms with Crippen molar-refractivity contribution in [1.82, 2.24) is 0 Å². The molecule has 0 aromatic heterocycles. The number of fused-ring (bicyclic) bond motifs is 1. The van der Waals surface area contributed by atoms with Gasteiger partial charge in [-0.05, 0) is 24.6 Å². The molecule has 98 valence electrons. The molecular weight excluding hydrogens is 230 g/mol. The van der Waals surface area contributed by atoms with Gasteiger partial charge in [-0.25, -0.2) is 0 Å². The van der Waals surface area contributed by atoms with Crippen LogP contribution in [-0.2, 0) is 16.0 Å². The minimum absolute atomic E-state index is 0.0224. The van der Waals surface area contributed by atoms with Crippen molar-refractivity contribution >= 4 is 23.0 Å². The summed E-state index contributed by atoms with van der Waals surface area (Å²) in [5.74, 6) is 0.0224. The molecule has 1 unspecified atom stereocenters. The van der Waals surface area contributed by atoms with Crippen molar-refractivity contribution in [3.8, 4) is 0 Å². The van der Waals surface area contributed by atoms with Crippen LogP contribution in [0.15, 0.2) is 12.1 Å². The molecule has 1 atom stereocenters. The number of rotatable bonds is 4. The zero-order chi connectivity index (χ0) is 13.3. The fourth-order valence-corrected chi connectivity index (χ4v) is 2.18. The molecule has 5 heteroatoms. The van der Waals surface area contributed by atoms with Gasteiger partial charge >= 0.3 is 0 Å². The van der Waals surface area contributed by atoms with Gasteiger partial charge in [0.25, 0.3) is 0 Å². The largest absolute Gasteiger partial charge is 0.397 e. The average Bonchev–Trinajstić information content (AvgIpc) is 2.66. The summed E-state index contributed by atoms with van der Waals surface area (Å²) in [4.78, 5) is 13.4. The van der Waals surface area contributed by atoms with Crippen LogP contribution in [0, 0.1) is 0 Å². The molecule has 1 aliphatic rings. The number of benzene rings is 1. The second-order valence-corrected chi connectivity index (χ2v) is 4.71. The van der Waals surface area contributed by atoms with Gasteiger partial charge < -0.3 is 20.7 Å². The number of anilines is 3. The van der Waals surface area contributed by atoms with Crippen molar-refractivity contribution in [2.24, 2.45) is 0 Å². The number of carbonyl (C=O) groups excluding carboxylic acids is 1. The third kappa shape index (κ3) is 2.26. The molecule has 1 aromatic rings. The third-order valence-corrected chi connectivity index (χ3v) is 3.33. The normalized spacial score (nSPS) is 15.2. The van der Waals surface area contributed by atoms with E-state index in [0.717, 1.165) is 16.9 Å². The zero-order valence-corrected chi connectivity index (χ0v) is 11.0. The predicted molar refractivity (Wildman–Crippen MR) is 72.9 cm³/mol. The monoisotopic (exact) mass is 249 g/mol. The minimum atomic E-state index is 0.0224. The molecule has 0 fully saturated rings. The van der Waals surface area contributed by atoms with E-state index in [0.29, 0.717) is 18.7 Å². The van der Waals surface area contributed by atoms with Crippen LogP contribution in [0.25, 0.3) is 0 Å². The summed E-state index contributed by atoms with van der Waals surface area (Å²) < 4.78 is 5.14. The summed E-state index contributed by atoms with van der Waals surface area (Å²) in [7, 11) is 3.65. The van der Waals surface area contributed by atoms with E-state index in [1.54, 1.807) is 7.11 Å². The predicted octanol–water partition coefficient (Wildman–Crippen LogP) is 1.23. The summed E-state index contributed by atoms with van der Waals surface area (Å²) in [6, 6.07) is 4.02. The summed E-state index contributed by atoms with van der Waals surface area (Å²) in [6.07, 6.45) is 0.414. The Kier molecular flexibility index (Phi) is 3.43. The number of nitrogens with one attached hydrogen (secondary N) is 1. The molecule has 2 rings (SSSR count). The molecule has 0 saturated carbocycles. The summed E-state index contributed by atoms with van der Waals surface area (Å²) >= 11 is 0. The van der Waals surface area contributed by atoms with Gasteiger partial charge in [0.15, 0.2) is 0 Å². The second kappa shape index (κ2) is 4.86. The van der Waals surface area contributed by atoms with Crippen LogP contribution in [0.4, 0.5) is 17.1 Å². The molecule has 0 spiro atoms. The number of nitrogens with zero attached hydrogens (tertiary/aromatic N) is 1. The lowest BCUT2D eigenvalue weighted by Gasteiger charge is -2.28. The van der Waals surface area contributed by atoms with Gasteiger partial charge in [0.1, 0.15) is 0 Å². The molecular formula is C13H19N3O2. The number of methoxy groups -OCH3 is 1. The number of amides is 1. The Morgan fingerprint density at radius 2 is 2.28 bits per heavy atom. The van der Waals surface area contributed by atoms with Crippen molar-refractivity contribution < 1.29 is 9.53 Å². The van der Waals surface area contributed by atoms with Crippen LogP contribution < -0.4 is 16.0 Å². The lowest BCUT2D eigenvalue weighted by atomic mass is 10.1. The number of hydrogen-bond donors (Lipinski definition) is 2. The minimum Gasteiger partial charge on any atom is -0.397 e. The van der Waals surface area contributed by atoms with Gasteiger partial charge in [-0.15, -0.1) is 0 Å². The highest BCUT2D eigenvalue weighted by molar-refractivity contribution is 6.00. The first-order valence-corrected chi connectivity index (χ1v) is 5.97. The zero-order valence-electron chi connectivity index (χ0n) is 11.0. The Morgan fingerprint density at radius 3 is 2.94 bits per heavy atom. The number of nitrogen functional groups attached to an aromatic ring is 1. The molecule has 0 radical (unpaired) electrons. The summed E-state index contributed by atoms with van der Waals surface area (Å²) in [5.41, 5.74) is 9.49. The van der Waals surface area contributed by atoms with E-state index in [9.17, 15) is 4.79 Å². The van der Waals surface area contributed by atoms with Crippen molar-refractivity contribution in [1.29, 1.82) is 0 Å². The Hall–Kier alpha value is -1.75. The first-order valence-electron chi connectivity index (χ1n) is 5.97. The van der Waals surface area contributed by atoms with Crippen molar-refractivity contribution in [3.63, 3.8) is 0 Å². The van der Waals surface area contributed by atoms with Crippen molar-refractivity contribution in [2.45, 2.75) is 19.4 Å². The quantitative estimate of drug-likeness (QED) is 0.788. The van der Waals surface area contributed by atoms with Crippen LogP contribution in [0.1, 0.15) is 12.5 Å². The SMILES string of the molecule is COCC(C)N(C)c1cc2c(cc1N)CC(=O)N2. The smallest absolute Gasteiger partial charge is 0.228 e. The molecule has 0 bridgehead atoms. The van der Waals surface area contributed by atoms with Crippen LogP contribution >= 0.6 is 0 Å². The molecule has 1 amide bonds. The van der Waals surface area contributed by atoms with E-state index >= 15 is 0 Å². The lowest BCUT2D eigenvalue weighted by molar-refractivity contribution is -0.115. The van der Waals surface area contributed by atoms with Gasteiger partial charge in [0, 0.05) is 25.9 Å². The first kappa shape index (κ1) is 12.7. The van der Waals surface area contributed by atoms with E-state index in [-0.39, 0.29) is 11.9 Å². The van der Waals surface area contributed by atoms with Gasteiger partial charge in [-0.3, -0.25) is 4.79 Å². The van der Waals surface area contributed by atoms with Gasteiger partial charge in [0.05, 0.1) is 24.4 Å². The van der Waals surface area contributed by atoms with Crippen molar-refractivity contribution in [2.75, 3.05) is 36.7 Å². The second-order valence-electron chi connectivity index (χ2n) is 4.71. The molecule has 18 heavy (non-hydrogen) atoms. The van der Waals surface area contributed by atoms with Crippen LogP contribution in [0.3, 0.4) is 0 Å². The van der Waals surface area contributed by atoms with Gasteiger partial charge in [0.2, 0.25) is 5.91 Å². The van der Waals surface area contributed by atoms with Crippen LogP contribution in [-0.4, -0.2) is 32.7 Å². The van der Waals surface area contributed by atoms with Gasteiger partial charge in [-0.1, -0.05) is 0 Å². The molecule has 1 heterocycles. The Balaban J connectivity index is 2.29. The first-order chi connectivity index (χ1) is 8.52. The summed E-state index contributed by atoms with van der Waals surface area (Å²) in [6.45, 7) is 2.69. The number of hydrogen-bond acceptors (Lipinski definition) is 4. The Labute approximate surface area is 107 Å². The maximum absolute atomic E-state index is 11.3. The number of ether oxygens (including phenoxy) is 1. The third-order valence-electron chi connectivity index (χ3n) is 3.33. The van der Waals surface area contributed by atoms with E-state index in [2.05, 4.69) is 17.1 Å². The van der Waals surface area contributed by atoms with Crippen LogP contribution in [0.5, 0.6) is 0 Å². The standard InChI is InChI=1S/C13H19N3O2/c1-8(7-18-3)16(2)12-6-11-9(4-10(12)14)5-13(17)15-11/h4,6,8H,5,7,14H2,1-3H3,(H,15,17). The Morgan fingerprint density at radius 1 is 1.56 bits per heavy atom. The highest BCUT2D eigenvalue weighted by Gasteiger charge is 2.21. The highest BCUT2D eigenvalue weighted by Crippen LogP contribution is 2.33. The Bertz CT molecular complexity index is 474. The average molecular weight is 249 g/mol. The van der Waals surface area contributed by atoms with E-state index in [1.807, 2.05) is 19.2 Å². The molecule has 1 aliphatic heterocycles. The maximum Gasteiger partial charge on any atom is 0.228 e. The fraction of sp³-hybridized carbons (Fsp3) is 0.462. The number of carbonyl (C=O) groups is 1. The molecule has 3 N–H and O–H groups in total. The van der Waals surface area contributed by atoms with Crippen molar-refractivity contribution in [3.05, 3.63) is 17.7 Å². The van der Waals surface area contributed by atoms with E-state index in [4.69, 9.17) is 10.5 Å².